The SMILES string of the molecule is Cn1ccc(C2CN[C@H](C(=O)O)C2)n1. The van der Waals surface area contributed by atoms with Crippen LogP contribution in [-0.4, -0.2) is 33.4 Å². The molecule has 1 unspecified atom stereocenters. The number of hydrogen-bond donors (Lipinski definition) is 2. The van der Waals surface area contributed by atoms with Crippen molar-refractivity contribution in [2.24, 2.45) is 7.05 Å². The summed E-state index contributed by atoms with van der Waals surface area (Å²) in [5, 5.41) is 16.0. The number of hydrogen-bond acceptors (Lipinski definition) is 3. The molecule has 1 fully saturated rings. The minimum absolute atomic E-state index is 0.234. The molecule has 2 heterocycles. The van der Waals surface area contributed by atoms with Gasteiger partial charge in [-0.25, -0.2) is 0 Å². The normalized spacial score (nSPS) is 26.6. The second kappa shape index (κ2) is 3.42. The van der Waals surface area contributed by atoms with Crippen LogP contribution in [0.5, 0.6) is 0 Å². The van der Waals surface area contributed by atoms with Gasteiger partial charge < -0.3 is 10.4 Å². The van der Waals surface area contributed by atoms with Crippen molar-refractivity contribution in [3.8, 4) is 0 Å². The molecule has 0 aromatic carbocycles. The highest BCUT2D eigenvalue weighted by molar-refractivity contribution is 5.74. The van der Waals surface area contributed by atoms with Crippen LogP contribution in [0.25, 0.3) is 0 Å². The average Bonchev–Trinajstić information content (AvgIpc) is 2.70. The van der Waals surface area contributed by atoms with Gasteiger partial charge in [-0.05, 0) is 12.5 Å². The van der Waals surface area contributed by atoms with E-state index in [0.29, 0.717) is 13.0 Å². The molecule has 14 heavy (non-hydrogen) atoms. The number of aliphatic carboxylic acids is 1. The molecular formula is C9H13N3O2. The Kier molecular flexibility index (Phi) is 2.25. The fourth-order valence-corrected chi connectivity index (χ4v) is 1.80. The number of carboxylic acid groups (broad SMARTS) is 1. The molecule has 0 amide bonds. The first-order valence-electron chi connectivity index (χ1n) is 4.62. The molecule has 1 saturated heterocycles. The van der Waals surface area contributed by atoms with Crippen LogP contribution in [-0.2, 0) is 11.8 Å². The molecule has 1 aliphatic heterocycles. The molecule has 76 valence electrons. The van der Waals surface area contributed by atoms with E-state index in [2.05, 4.69) is 10.4 Å². The summed E-state index contributed by atoms with van der Waals surface area (Å²) >= 11 is 0. The van der Waals surface area contributed by atoms with Crippen molar-refractivity contribution in [2.75, 3.05) is 6.54 Å². The van der Waals surface area contributed by atoms with E-state index in [1.54, 1.807) is 4.68 Å². The van der Waals surface area contributed by atoms with Gasteiger partial charge in [0.15, 0.2) is 0 Å². The van der Waals surface area contributed by atoms with Crippen molar-refractivity contribution in [1.82, 2.24) is 15.1 Å². The highest BCUT2D eigenvalue weighted by Crippen LogP contribution is 2.23. The average molecular weight is 195 g/mol. The van der Waals surface area contributed by atoms with E-state index in [1.165, 1.54) is 0 Å². The van der Waals surface area contributed by atoms with E-state index in [0.717, 1.165) is 5.69 Å². The molecule has 2 atom stereocenters. The third kappa shape index (κ3) is 1.63. The van der Waals surface area contributed by atoms with E-state index < -0.39 is 12.0 Å². The molecule has 0 aliphatic carbocycles. The Morgan fingerprint density at radius 3 is 3.07 bits per heavy atom. The monoisotopic (exact) mass is 195 g/mol. The number of carbonyl (C=O) groups is 1. The summed E-state index contributed by atoms with van der Waals surface area (Å²) in [4.78, 5) is 10.7. The van der Waals surface area contributed by atoms with Gasteiger partial charge in [-0.3, -0.25) is 9.48 Å². The van der Waals surface area contributed by atoms with Crippen LogP contribution in [0.3, 0.4) is 0 Å². The van der Waals surface area contributed by atoms with Gasteiger partial charge in [-0.2, -0.15) is 5.10 Å². The van der Waals surface area contributed by atoms with Crippen molar-refractivity contribution in [2.45, 2.75) is 18.4 Å². The van der Waals surface area contributed by atoms with Crippen LogP contribution < -0.4 is 5.32 Å². The summed E-state index contributed by atoms with van der Waals surface area (Å²) in [6.45, 7) is 0.702. The Labute approximate surface area is 81.7 Å². The second-order valence-corrected chi connectivity index (χ2v) is 3.65. The van der Waals surface area contributed by atoms with Crippen LogP contribution >= 0.6 is 0 Å². The molecule has 0 saturated carbocycles. The number of aromatic nitrogens is 2. The van der Waals surface area contributed by atoms with Crippen molar-refractivity contribution < 1.29 is 9.90 Å². The van der Waals surface area contributed by atoms with E-state index in [1.807, 2.05) is 19.3 Å². The zero-order chi connectivity index (χ0) is 10.1. The molecular weight excluding hydrogens is 182 g/mol. The lowest BCUT2D eigenvalue weighted by Gasteiger charge is -2.03. The summed E-state index contributed by atoms with van der Waals surface area (Å²) in [6, 6.07) is 1.53. The predicted molar refractivity (Wildman–Crippen MR) is 50.0 cm³/mol. The number of nitrogens with one attached hydrogen (secondary N) is 1. The van der Waals surface area contributed by atoms with Crippen LogP contribution in [0.1, 0.15) is 18.0 Å². The molecule has 5 heteroatoms. The van der Waals surface area contributed by atoms with Crippen molar-refractivity contribution in [3.63, 3.8) is 0 Å². The standard InChI is InChI=1S/C9H13N3O2/c1-12-3-2-7(11-12)6-4-8(9(13)14)10-5-6/h2-3,6,8,10H,4-5H2,1H3,(H,13,14)/t6?,8-/m0/s1. The fourth-order valence-electron chi connectivity index (χ4n) is 1.80. The van der Waals surface area contributed by atoms with Crippen LogP contribution in [0.4, 0.5) is 0 Å². The van der Waals surface area contributed by atoms with E-state index in [9.17, 15) is 4.79 Å². The Morgan fingerprint density at radius 1 is 1.79 bits per heavy atom. The third-order valence-electron chi connectivity index (χ3n) is 2.58. The molecule has 0 spiro atoms. The maximum atomic E-state index is 10.7. The number of carboxylic acids is 1. The first-order chi connectivity index (χ1) is 6.66. The fraction of sp³-hybridized carbons (Fsp3) is 0.556. The van der Waals surface area contributed by atoms with Crippen molar-refractivity contribution in [1.29, 1.82) is 0 Å². The summed E-state index contributed by atoms with van der Waals surface area (Å²) in [7, 11) is 1.86. The summed E-state index contributed by atoms with van der Waals surface area (Å²) in [6.07, 6.45) is 2.51. The zero-order valence-corrected chi connectivity index (χ0v) is 7.97. The van der Waals surface area contributed by atoms with Gasteiger partial charge in [-0.1, -0.05) is 0 Å². The molecule has 2 rings (SSSR count). The Balaban J connectivity index is 2.05. The largest absolute Gasteiger partial charge is 0.480 e. The summed E-state index contributed by atoms with van der Waals surface area (Å²) < 4.78 is 1.74. The van der Waals surface area contributed by atoms with E-state index in [-0.39, 0.29) is 5.92 Å². The highest BCUT2D eigenvalue weighted by atomic mass is 16.4. The lowest BCUT2D eigenvalue weighted by molar-refractivity contribution is -0.139. The Bertz CT molecular complexity index is 348. The number of nitrogens with zero attached hydrogens (tertiary/aromatic N) is 2. The second-order valence-electron chi connectivity index (χ2n) is 3.65. The molecule has 1 aliphatic rings. The lowest BCUT2D eigenvalue weighted by atomic mass is 10.0. The molecule has 1 aromatic rings. The first kappa shape index (κ1) is 9.21. The van der Waals surface area contributed by atoms with Gasteiger partial charge in [0, 0.05) is 25.7 Å². The van der Waals surface area contributed by atoms with Crippen molar-refractivity contribution >= 4 is 5.97 Å². The highest BCUT2D eigenvalue weighted by Gasteiger charge is 2.30. The van der Waals surface area contributed by atoms with Gasteiger partial charge >= 0.3 is 5.97 Å². The van der Waals surface area contributed by atoms with Gasteiger partial charge in [-0.15, -0.1) is 0 Å². The molecule has 1 aromatic heterocycles. The molecule has 0 radical (unpaired) electrons. The summed E-state index contributed by atoms with van der Waals surface area (Å²) in [5.74, 6) is -0.541. The summed E-state index contributed by atoms with van der Waals surface area (Å²) in [5.41, 5.74) is 0.976. The quantitative estimate of drug-likeness (QED) is 0.694. The van der Waals surface area contributed by atoms with Crippen LogP contribution in [0.15, 0.2) is 12.3 Å². The number of rotatable bonds is 2. The van der Waals surface area contributed by atoms with Crippen LogP contribution in [0.2, 0.25) is 0 Å². The van der Waals surface area contributed by atoms with Gasteiger partial charge in [0.2, 0.25) is 0 Å². The van der Waals surface area contributed by atoms with E-state index in [4.69, 9.17) is 5.11 Å². The lowest BCUT2D eigenvalue weighted by Crippen LogP contribution is -2.29. The number of aryl methyl sites for hydroxylation is 1. The Morgan fingerprint density at radius 2 is 2.57 bits per heavy atom. The van der Waals surface area contributed by atoms with Gasteiger partial charge in [0.25, 0.3) is 0 Å². The van der Waals surface area contributed by atoms with Crippen LogP contribution in [0, 0.1) is 0 Å². The first-order valence-corrected chi connectivity index (χ1v) is 4.62. The molecule has 0 bridgehead atoms. The van der Waals surface area contributed by atoms with Gasteiger partial charge in [0.1, 0.15) is 6.04 Å². The maximum Gasteiger partial charge on any atom is 0.320 e. The topological polar surface area (TPSA) is 67.2 Å². The van der Waals surface area contributed by atoms with E-state index >= 15 is 0 Å². The minimum Gasteiger partial charge on any atom is -0.480 e. The smallest absolute Gasteiger partial charge is 0.320 e. The third-order valence-corrected chi connectivity index (χ3v) is 2.58. The Hall–Kier alpha value is -1.36. The zero-order valence-electron chi connectivity index (χ0n) is 7.97. The van der Waals surface area contributed by atoms with Gasteiger partial charge in [0.05, 0.1) is 5.69 Å². The maximum absolute atomic E-state index is 10.7. The molecule has 5 nitrogen and oxygen atoms in total. The molecule has 2 N–H and O–H groups in total. The minimum atomic E-state index is -0.775. The predicted octanol–water partition coefficient (Wildman–Crippen LogP) is -0.0498. The van der Waals surface area contributed by atoms with Crippen molar-refractivity contribution in [3.05, 3.63) is 18.0 Å².